The molecule has 0 spiro atoms. The van der Waals surface area contributed by atoms with Crippen molar-refractivity contribution in [3.05, 3.63) is 35.6 Å². The summed E-state index contributed by atoms with van der Waals surface area (Å²) in [5.41, 5.74) is 1.51. The predicted molar refractivity (Wildman–Crippen MR) is 133 cm³/mol. The molecule has 1 aromatic carbocycles. The molecule has 37 heavy (non-hydrogen) atoms. The number of carbonyl (C=O) groups excluding carboxylic acids is 2. The Hall–Kier alpha value is -3.78. The highest BCUT2D eigenvalue weighted by atomic mass is 35.5. The lowest BCUT2D eigenvalue weighted by atomic mass is 10.1. The number of fused-ring (bicyclic) bond motifs is 2. The van der Waals surface area contributed by atoms with Crippen LogP contribution in [0.3, 0.4) is 0 Å². The van der Waals surface area contributed by atoms with Gasteiger partial charge in [-0.25, -0.2) is 13.8 Å². The van der Waals surface area contributed by atoms with Gasteiger partial charge in [0.25, 0.3) is 6.47 Å². The molecule has 0 saturated heterocycles. The van der Waals surface area contributed by atoms with Gasteiger partial charge in [0, 0.05) is 31.2 Å². The van der Waals surface area contributed by atoms with Gasteiger partial charge in [-0.3, -0.25) is 24.5 Å². The van der Waals surface area contributed by atoms with E-state index in [1.807, 2.05) is 0 Å². The lowest BCUT2D eigenvalue weighted by molar-refractivity contribution is -0.126. The molecule has 0 radical (unpaired) electrons. The molecule has 3 aromatic heterocycles. The van der Waals surface area contributed by atoms with Crippen molar-refractivity contribution in [2.75, 3.05) is 25.2 Å². The highest BCUT2D eigenvalue weighted by Crippen LogP contribution is 2.42. The van der Waals surface area contributed by atoms with E-state index in [-0.39, 0.29) is 40.3 Å². The van der Waals surface area contributed by atoms with Gasteiger partial charge in [-0.1, -0.05) is 11.6 Å². The van der Waals surface area contributed by atoms with Crippen molar-refractivity contribution in [1.29, 1.82) is 0 Å². The Morgan fingerprint density at radius 1 is 1.38 bits per heavy atom. The fourth-order valence-corrected chi connectivity index (χ4v) is 4.88. The number of rotatable bonds is 6. The standard InChI is InChI=1S/C21H18ClF2N7O2S.CH2O2/c1-30(2)15(32)8-34-20-18(24)17(22)16(10-4-26-29-19(10)20)12-6-31-7-13(27-14(31)5-25-12)28-21(33)9-3-11(9)23;2-1-3/h4-7,9,11H,3,8H2,1-2H3,(H,26,29)(H,28,33);1H,(H,2,3)/t9-,11+;/m1./s1. The van der Waals surface area contributed by atoms with Crippen LogP contribution in [0.2, 0.25) is 5.02 Å². The zero-order valence-corrected chi connectivity index (χ0v) is 21.0. The Kier molecular flexibility index (Phi) is 7.59. The van der Waals surface area contributed by atoms with Crippen molar-refractivity contribution < 1.29 is 28.3 Å². The van der Waals surface area contributed by atoms with Crippen LogP contribution < -0.4 is 5.32 Å². The average molecular weight is 552 g/mol. The number of imidazole rings is 1. The van der Waals surface area contributed by atoms with Crippen molar-refractivity contribution in [3.63, 3.8) is 0 Å². The van der Waals surface area contributed by atoms with Gasteiger partial charge in [-0.15, -0.1) is 11.8 Å². The zero-order chi connectivity index (χ0) is 26.9. The number of carboxylic acid groups (broad SMARTS) is 1. The average Bonchev–Trinajstić information content (AvgIpc) is 3.22. The molecule has 11 nitrogen and oxygen atoms in total. The fourth-order valence-electron chi connectivity index (χ4n) is 3.48. The second kappa shape index (κ2) is 10.7. The van der Waals surface area contributed by atoms with E-state index in [2.05, 4.69) is 25.5 Å². The van der Waals surface area contributed by atoms with E-state index in [1.54, 1.807) is 30.9 Å². The summed E-state index contributed by atoms with van der Waals surface area (Å²) in [6, 6.07) is 0. The lowest BCUT2D eigenvalue weighted by Crippen LogP contribution is -2.23. The number of thioether (sulfide) groups is 1. The number of halogens is 3. The second-order valence-electron chi connectivity index (χ2n) is 8.18. The van der Waals surface area contributed by atoms with Gasteiger partial charge in [-0.2, -0.15) is 5.10 Å². The highest BCUT2D eigenvalue weighted by Gasteiger charge is 2.43. The van der Waals surface area contributed by atoms with Crippen LogP contribution in [0.1, 0.15) is 6.42 Å². The monoisotopic (exact) mass is 551 g/mol. The maximum atomic E-state index is 15.3. The number of nitrogens with one attached hydrogen (secondary N) is 2. The van der Waals surface area contributed by atoms with E-state index < -0.39 is 23.8 Å². The third-order valence-electron chi connectivity index (χ3n) is 5.48. The molecule has 5 rings (SSSR count). The van der Waals surface area contributed by atoms with Crippen LogP contribution >= 0.6 is 23.4 Å². The summed E-state index contributed by atoms with van der Waals surface area (Å²) in [6.07, 6.45) is 5.24. The molecule has 1 saturated carbocycles. The molecule has 3 N–H and O–H groups in total. The van der Waals surface area contributed by atoms with Gasteiger partial charge in [0.1, 0.15) is 6.17 Å². The maximum Gasteiger partial charge on any atom is 0.290 e. The number of anilines is 1. The molecule has 1 fully saturated rings. The molecule has 0 bridgehead atoms. The minimum atomic E-state index is -1.11. The molecule has 194 valence electrons. The highest BCUT2D eigenvalue weighted by molar-refractivity contribution is 8.00. The molecule has 2 amide bonds. The number of H-pyrrole nitrogens is 1. The van der Waals surface area contributed by atoms with E-state index in [1.165, 1.54) is 17.3 Å². The summed E-state index contributed by atoms with van der Waals surface area (Å²) in [4.78, 5) is 42.6. The van der Waals surface area contributed by atoms with Crippen LogP contribution in [-0.2, 0) is 14.4 Å². The van der Waals surface area contributed by atoms with Crippen LogP contribution in [0.4, 0.5) is 14.6 Å². The first-order chi connectivity index (χ1) is 17.7. The van der Waals surface area contributed by atoms with Crippen LogP contribution in [0.25, 0.3) is 27.8 Å². The Morgan fingerprint density at radius 3 is 2.73 bits per heavy atom. The van der Waals surface area contributed by atoms with Gasteiger partial charge in [0.05, 0.1) is 51.4 Å². The van der Waals surface area contributed by atoms with Gasteiger partial charge >= 0.3 is 0 Å². The first-order valence-corrected chi connectivity index (χ1v) is 12.1. The smallest absolute Gasteiger partial charge is 0.290 e. The van der Waals surface area contributed by atoms with Crippen molar-refractivity contribution >= 4 is 64.0 Å². The quantitative estimate of drug-likeness (QED) is 0.244. The van der Waals surface area contributed by atoms with Crippen molar-refractivity contribution in [1.82, 2.24) is 29.5 Å². The fraction of sp³-hybridized carbons (Fsp3) is 0.273. The zero-order valence-electron chi connectivity index (χ0n) is 19.4. The first-order valence-electron chi connectivity index (χ1n) is 10.7. The number of aromatic nitrogens is 5. The first kappa shape index (κ1) is 26.3. The SMILES string of the molecule is CN(C)C(=O)CSc1c(F)c(Cl)c(-c2cn3cc(NC(=O)[C@@H]4C[C@@H]4F)nc3cn2)c2cn[nH]c12.O=CO. The number of benzene rings is 1. The van der Waals surface area contributed by atoms with Crippen molar-refractivity contribution in [2.45, 2.75) is 17.5 Å². The van der Waals surface area contributed by atoms with Gasteiger partial charge < -0.3 is 19.7 Å². The van der Waals surface area contributed by atoms with Gasteiger partial charge in [0.15, 0.2) is 17.3 Å². The Morgan fingerprint density at radius 2 is 2.08 bits per heavy atom. The van der Waals surface area contributed by atoms with Crippen LogP contribution in [0.5, 0.6) is 0 Å². The molecular formula is C22H20ClF2N7O4S. The topological polar surface area (TPSA) is 146 Å². The normalized spacial score (nSPS) is 16.2. The van der Waals surface area contributed by atoms with Crippen molar-refractivity contribution in [2.24, 2.45) is 5.92 Å². The summed E-state index contributed by atoms with van der Waals surface area (Å²) >= 11 is 7.47. The van der Waals surface area contributed by atoms with E-state index in [4.69, 9.17) is 21.5 Å². The van der Waals surface area contributed by atoms with E-state index >= 15 is 4.39 Å². The lowest BCUT2D eigenvalue weighted by Gasteiger charge is -2.13. The minimum Gasteiger partial charge on any atom is -0.483 e. The molecule has 1 aliphatic rings. The predicted octanol–water partition coefficient (Wildman–Crippen LogP) is 3.24. The largest absolute Gasteiger partial charge is 0.483 e. The maximum absolute atomic E-state index is 15.3. The number of nitrogens with zero attached hydrogens (tertiary/aromatic N) is 5. The molecule has 15 heteroatoms. The molecule has 4 aromatic rings. The molecular weight excluding hydrogens is 532 g/mol. The molecule has 0 aliphatic heterocycles. The molecule has 3 heterocycles. The Balaban J connectivity index is 0.00000102. The summed E-state index contributed by atoms with van der Waals surface area (Å²) < 4.78 is 30.1. The third kappa shape index (κ3) is 5.34. The third-order valence-corrected chi connectivity index (χ3v) is 6.90. The van der Waals surface area contributed by atoms with Crippen molar-refractivity contribution in [3.8, 4) is 11.3 Å². The van der Waals surface area contributed by atoms with E-state index in [0.717, 1.165) is 11.8 Å². The number of aromatic amines is 1. The number of hydrogen-bond acceptors (Lipinski definition) is 7. The van der Waals surface area contributed by atoms with Gasteiger partial charge in [0.2, 0.25) is 11.8 Å². The summed E-state index contributed by atoms with van der Waals surface area (Å²) in [7, 11) is 3.25. The Labute approximate surface area is 217 Å². The molecule has 2 atom stereocenters. The number of hydrogen-bond donors (Lipinski definition) is 3. The minimum absolute atomic E-state index is 0.0332. The number of carbonyl (C=O) groups is 3. The van der Waals surface area contributed by atoms with Crippen LogP contribution in [-0.4, -0.2) is 78.9 Å². The number of amides is 2. The number of alkyl halides is 1. The molecule has 1 aliphatic carbocycles. The van der Waals surface area contributed by atoms with Crippen LogP contribution in [0, 0.1) is 11.7 Å². The van der Waals surface area contributed by atoms with Crippen LogP contribution in [0.15, 0.2) is 29.7 Å². The van der Waals surface area contributed by atoms with E-state index in [9.17, 15) is 14.0 Å². The van der Waals surface area contributed by atoms with E-state index in [0.29, 0.717) is 27.8 Å². The second-order valence-corrected chi connectivity index (χ2v) is 9.55. The summed E-state index contributed by atoms with van der Waals surface area (Å²) in [5, 5.41) is 16.7. The Bertz CT molecular complexity index is 1510. The summed E-state index contributed by atoms with van der Waals surface area (Å²) in [6.45, 7) is -0.250. The summed E-state index contributed by atoms with van der Waals surface area (Å²) in [5.74, 6) is -1.63. The molecule has 0 unspecified atom stereocenters. The van der Waals surface area contributed by atoms with Gasteiger partial charge in [-0.05, 0) is 6.42 Å².